The molecular weight excluding hydrogens is 402 g/mol. The number of nitrogens with one attached hydrogen (secondary N) is 1. The van der Waals surface area contributed by atoms with E-state index in [1.807, 2.05) is 50.9 Å². The van der Waals surface area contributed by atoms with Crippen molar-refractivity contribution in [1.82, 2.24) is 5.32 Å². The summed E-state index contributed by atoms with van der Waals surface area (Å²) in [6.45, 7) is 11.2. The monoisotopic (exact) mass is 435 g/mol. The van der Waals surface area contributed by atoms with E-state index in [-0.39, 0.29) is 30.6 Å². The summed E-state index contributed by atoms with van der Waals surface area (Å²) >= 11 is 0. The highest BCUT2D eigenvalue weighted by atomic mass is 16.8. The van der Waals surface area contributed by atoms with Crippen LogP contribution in [-0.4, -0.2) is 62.5 Å². The van der Waals surface area contributed by atoms with Crippen LogP contribution in [0.15, 0.2) is 18.2 Å². The van der Waals surface area contributed by atoms with Gasteiger partial charge in [0.1, 0.15) is 24.0 Å². The summed E-state index contributed by atoms with van der Waals surface area (Å²) in [6, 6.07) is 4.71. The van der Waals surface area contributed by atoms with Gasteiger partial charge in [0.2, 0.25) is 6.29 Å². The van der Waals surface area contributed by atoms with Crippen LogP contribution in [0.25, 0.3) is 0 Å². The minimum Gasteiger partial charge on any atom is -0.489 e. The second-order valence-corrected chi connectivity index (χ2v) is 9.80. The Balaban J connectivity index is 1.71. The number of epoxide rings is 1. The van der Waals surface area contributed by atoms with Gasteiger partial charge < -0.3 is 34.1 Å². The van der Waals surface area contributed by atoms with E-state index in [0.717, 1.165) is 5.69 Å². The molecule has 0 spiro atoms. The maximum Gasteiger partial charge on any atom is 0.408 e. The number of hydrogen-bond donors (Lipinski definition) is 1. The summed E-state index contributed by atoms with van der Waals surface area (Å²) in [7, 11) is 3.56. The smallest absolute Gasteiger partial charge is 0.408 e. The molecule has 0 saturated carbocycles. The van der Waals surface area contributed by atoms with Crippen LogP contribution in [-0.2, 0) is 19.0 Å². The second kappa shape index (κ2) is 8.20. The van der Waals surface area contributed by atoms with Crippen molar-refractivity contribution in [2.45, 2.75) is 71.3 Å². The Kier molecular flexibility index (Phi) is 6.12. The molecule has 0 bridgehead atoms. The molecule has 0 aliphatic carbocycles. The highest BCUT2D eigenvalue weighted by molar-refractivity contribution is 6.00. The summed E-state index contributed by atoms with van der Waals surface area (Å²) in [5.74, 6) is 0.265. The van der Waals surface area contributed by atoms with E-state index >= 15 is 0 Å². The van der Waals surface area contributed by atoms with Crippen LogP contribution in [0.4, 0.5) is 16.2 Å². The third-order valence-corrected chi connectivity index (χ3v) is 4.72. The molecule has 2 aliphatic rings. The zero-order chi connectivity index (χ0) is 23.1. The number of benzene rings is 1. The van der Waals surface area contributed by atoms with E-state index in [2.05, 4.69) is 5.32 Å². The predicted molar refractivity (Wildman–Crippen MR) is 116 cm³/mol. The van der Waals surface area contributed by atoms with E-state index in [0.29, 0.717) is 11.4 Å². The molecule has 31 heavy (non-hydrogen) atoms. The molecule has 1 aromatic carbocycles. The number of fused-ring (bicyclic) bond motifs is 1. The lowest BCUT2D eigenvalue weighted by Gasteiger charge is -2.24. The fourth-order valence-electron chi connectivity index (χ4n) is 3.21. The van der Waals surface area contributed by atoms with E-state index in [4.69, 9.17) is 18.9 Å². The quantitative estimate of drug-likeness (QED) is 0.727. The largest absolute Gasteiger partial charge is 0.489 e. The van der Waals surface area contributed by atoms with Crippen LogP contribution < -0.4 is 19.9 Å². The summed E-state index contributed by atoms with van der Waals surface area (Å²) in [4.78, 5) is 28.5. The SMILES string of the molecule is CN1C(=O)C(NC(=O)OC(C)(C)C)COc2ccc(N(C)C3OC3OC(C)(C)C)cc21. The van der Waals surface area contributed by atoms with Crippen molar-refractivity contribution in [2.75, 3.05) is 30.5 Å². The van der Waals surface area contributed by atoms with Crippen molar-refractivity contribution in [3.05, 3.63) is 18.2 Å². The fraction of sp³-hybridized carbons (Fsp3) is 0.636. The summed E-state index contributed by atoms with van der Waals surface area (Å²) in [5.41, 5.74) is 0.499. The molecule has 2 amide bonds. The normalized spacial score (nSPS) is 23.4. The van der Waals surface area contributed by atoms with Crippen molar-refractivity contribution in [3.63, 3.8) is 0 Å². The molecule has 3 atom stereocenters. The highest BCUT2D eigenvalue weighted by Gasteiger charge is 2.46. The van der Waals surface area contributed by atoms with Crippen LogP contribution in [0.1, 0.15) is 41.5 Å². The zero-order valence-corrected chi connectivity index (χ0v) is 19.5. The number of carbonyl (C=O) groups excluding carboxylic acids is 2. The lowest BCUT2D eigenvalue weighted by Crippen LogP contribution is -2.50. The fourth-order valence-corrected chi connectivity index (χ4v) is 3.21. The van der Waals surface area contributed by atoms with E-state index in [1.54, 1.807) is 27.8 Å². The van der Waals surface area contributed by atoms with Crippen molar-refractivity contribution < 1.29 is 28.5 Å². The molecule has 9 nitrogen and oxygen atoms in total. The molecule has 1 aromatic rings. The lowest BCUT2D eigenvalue weighted by molar-refractivity contribution is -0.120. The molecule has 2 heterocycles. The Morgan fingerprint density at radius 2 is 1.87 bits per heavy atom. The molecule has 3 rings (SSSR count). The third-order valence-electron chi connectivity index (χ3n) is 4.72. The minimum atomic E-state index is -0.857. The lowest BCUT2D eigenvalue weighted by atomic mass is 10.2. The Bertz CT molecular complexity index is 845. The van der Waals surface area contributed by atoms with Gasteiger partial charge in [0.05, 0.1) is 11.3 Å². The van der Waals surface area contributed by atoms with Gasteiger partial charge in [-0.25, -0.2) is 4.79 Å². The first-order valence-corrected chi connectivity index (χ1v) is 10.4. The van der Waals surface area contributed by atoms with E-state index in [9.17, 15) is 9.59 Å². The van der Waals surface area contributed by atoms with Gasteiger partial charge in [-0.2, -0.15) is 0 Å². The Hall–Kier alpha value is -2.52. The number of likely N-dealkylation sites (N-methyl/N-ethyl adjacent to an activating group) is 2. The Morgan fingerprint density at radius 1 is 1.19 bits per heavy atom. The first kappa shape index (κ1) is 23.1. The molecule has 2 aliphatic heterocycles. The molecule has 1 saturated heterocycles. The van der Waals surface area contributed by atoms with Gasteiger partial charge in [0, 0.05) is 19.8 Å². The first-order valence-electron chi connectivity index (χ1n) is 10.4. The van der Waals surface area contributed by atoms with Crippen molar-refractivity contribution in [2.24, 2.45) is 0 Å². The zero-order valence-electron chi connectivity index (χ0n) is 19.5. The van der Waals surface area contributed by atoms with Crippen molar-refractivity contribution in [1.29, 1.82) is 0 Å². The van der Waals surface area contributed by atoms with Gasteiger partial charge >= 0.3 is 6.09 Å². The molecular formula is C22H33N3O6. The van der Waals surface area contributed by atoms with Crippen LogP contribution in [0, 0.1) is 0 Å². The maximum absolute atomic E-state index is 13.0. The molecule has 1 fully saturated rings. The first-order chi connectivity index (χ1) is 14.2. The van der Waals surface area contributed by atoms with Crippen molar-refractivity contribution in [3.8, 4) is 5.75 Å². The number of ether oxygens (including phenoxy) is 4. The third kappa shape index (κ3) is 5.80. The number of amides is 2. The van der Waals surface area contributed by atoms with Gasteiger partial charge in [-0.15, -0.1) is 0 Å². The minimum absolute atomic E-state index is 0.0117. The van der Waals surface area contributed by atoms with Crippen LogP contribution in [0.3, 0.4) is 0 Å². The van der Waals surface area contributed by atoms with Gasteiger partial charge in [0.25, 0.3) is 5.91 Å². The second-order valence-electron chi connectivity index (χ2n) is 9.80. The Labute approximate surface area is 183 Å². The standard InChI is InChI=1S/C22H33N3O6/c1-21(2,3)30-19-18(29-19)24(7)13-9-10-16-15(11-13)25(8)17(26)14(12-28-16)23-20(27)31-22(4,5)6/h9-11,14,18-19H,12H2,1-8H3,(H,23,27). The molecule has 1 N–H and O–H groups in total. The topological polar surface area (TPSA) is 92.9 Å². The maximum atomic E-state index is 13.0. The summed E-state index contributed by atoms with van der Waals surface area (Å²) in [6.07, 6.45) is -1.17. The Morgan fingerprint density at radius 3 is 2.48 bits per heavy atom. The molecule has 0 aromatic heterocycles. The van der Waals surface area contributed by atoms with Gasteiger partial charge in [-0.05, 0) is 59.7 Å². The number of anilines is 2. The average molecular weight is 436 g/mol. The molecule has 172 valence electrons. The molecule has 3 unspecified atom stereocenters. The number of rotatable bonds is 4. The van der Waals surface area contributed by atoms with Crippen LogP contribution >= 0.6 is 0 Å². The summed E-state index contributed by atoms with van der Waals surface area (Å²) in [5, 5.41) is 2.60. The summed E-state index contributed by atoms with van der Waals surface area (Å²) < 4.78 is 22.6. The van der Waals surface area contributed by atoms with E-state index < -0.39 is 17.7 Å². The number of alkyl carbamates (subject to hydrolysis) is 1. The van der Waals surface area contributed by atoms with Gasteiger partial charge in [-0.3, -0.25) is 4.79 Å². The predicted octanol–water partition coefficient (Wildman–Crippen LogP) is 2.87. The van der Waals surface area contributed by atoms with Crippen LogP contribution in [0.5, 0.6) is 5.75 Å². The number of nitrogens with zero attached hydrogens (tertiary/aromatic N) is 2. The van der Waals surface area contributed by atoms with Gasteiger partial charge in [0.15, 0.2) is 6.23 Å². The van der Waals surface area contributed by atoms with Crippen molar-refractivity contribution >= 4 is 23.4 Å². The number of carbonyl (C=O) groups is 2. The average Bonchev–Trinajstić information content (AvgIpc) is 3.39. The molecule has 0 radical (unpaired) electrons. The van der Waals surface area contributed by atoms with E-state index in [1.165, 1.54) is 4.90 Å². The number of hydrogen-bond acceptors (Lipinski definition) is 7. The van der Waals surface area contributed by atoms with Gasteiger partial charge in [-0.1, -0.05) is 0 Å². The highest BCUT2D eigenvalue weighted by Crippen LogP contribution is 2.38. The molecule has 9 heteroatoms. The van der Waals surface area contributed by atoms with Crippen LogP contribution in [0.2, 0.25) is 0 Å².